The SMILES string of the molecule is C=C(CN(CCc1ccccc1)C(=O)Cc1ccc2nc(C)oc2c1)Nc1ccc(C(=C)C)cc1. The highest BCUT2D eigenvalue weighted by molar-refractivity contribution is 5.81. The van der Waals surface area contributed by atoms with Crippen molar-refractivity contribution in [2.24, 2.45) is 0 Å². The summed E-state index contributed by atoms with van der Waals surface area (Å²) < 4.78 is 5.64. The topological polar surface area (TPSA) is 58.4 Å². The van der Waals surface area contributed by atoms with Crippen LogP contribution >= 0.6 is 0 Å². The molecule has 0 unspecified atom stereocenters. The number of amides is 1. The van der Waals surface area contributed by atoms with E-state index in [4.69, 9.17) is 4.42 Å². The number of nitrogens with zero attached hydrogens (tertiary/aromatic N) is 2. The number of fused-ring (bicyclic) bond motifs is 1. The molecule has 4 rings (SSSR count). The fourth-order valence-electron chi connectivity index (χ4n) is 3.99. The van der Waals surface area contributed by atoms with Crippen LogP contribution in [0, 0.1) is 6.92 Å². The Balaban J connectivity index is 1.46. The van der Waals surface area contributed by atoms with Crippen LogP contribution in [0.3, 0.4) is 0 Å². The molecule has 0 aliphatic rings. The van der Waals surface area contributed by atoms with Crippen molar-refractivity contribution in [1.29, 1.82) is 0 Å². The van der Waals surface area contributed by atoms with Crippen molar-refractivity contribution in [2.75, 3.05) is 18.4 Å². The van der Waals surface area contributed by atoms with Crippen LogP contribution in [-0.4, -0.2) is 28.9 Å². The maximum Gasteiger partial charge on any atom is 0.227 e. The van der Waals surface area contributed by atoms with E-state index >= 15 is 0 Å². The lowest BCUT2D eigenvalue weighted by atomic mass is 10.1. The number of rotatable bonds is 10. The largest absolute Gasteiger partial charge is 0.441 e. The van der Waals surface area contributed by atoms with E-state index in [-0.39, 0.29) is 12.3 Å². The number of anilines is 1. The van der Waals surface area contributed by atoms with Crippen LogP contribution in [0.15, 0.2) is 96.1 Å². The molecule has 0 spiro atoms. The Morgan fingerprint density at radius 2 is 1.74 bits per heavy atom. The summed E-state index contributed by atoms with van der Waals surface area (Å²) in [4.78, 5) is 19.6. The van der Waals surface area contributed by atoms with Gasteiger partial charge in [-0.3, -0.25) is 4.79 Å². The van der Waals surface area contributed by atoms with Crippen molar-refractivity contribution in [3.05, 3.63) is 114 Å². The minimum atomic E-state index is 0.0390. The lowest BCUT2D eigenvalue weighted by Gasteiger charge is -2.25. The first-order valence-corrected chi connectivity index (χ1v) is 11.8. The van der Waals surface area contributed by atoms with Gasteiger partial charge in [-0.2, -0.15) is 0 Å². The number of aryl methyl sites for hydroxylation is 1. The fourth-order valence-corrected chi connectivity index (χ4v) is 3.99. The highest BCUT2D eigenvalue weighted by Crippen LogP contribution is 2.19. The Morgan fingerprint density at radius 3 is 2.46 bits per heavy atom. The lowest BCUT2D eigenvalue weighted by molar-refractivity contribution is -0.130. The molecule has 1 amide bonds. The quantitative estimate of drug-likeness (QED) is 0.294. The summed E-state index contributed by atoms with van der Waals surface area (Å²) in [5.74, 6) is 0.656. The normalized spacial score (nSPS) is 10.8. The van der Waals surface area contributed by atoms with Gasteiger partial charge in [0, 0.05) is 24.9 Å². The number of carbonyl (C=O) groups excluding carboxylic acids is 1. The van der Waals surface area contributed by atoms with Crippen molar-refractivity contribution in [2.45, 2.75) is 26.7 Å². The van der Waals surface area contributed by atoms with E-state index in [1.54, 1.807) is 0 Å². The van der Waals surface area contributed by atoms with E-state index in [0.717, 1.165) is 40.0 Å². The number of oxazole rings is 1. The number of hydrogen-bond donors (Lipinski definition) is 1. The molecule has 0 aliphatic carbocycles. The minimum Gasteiger partial charge on any atom is -0.441 e. The van der Waals surface area contributed by atoms with Gasteiger partial charge < -0.3 is 14.6 Å². The van der Waals surface area contributed by atoms with E-state index in [9.17, 15) is 4.79 Å². The number of carbonyl (C=O) groups is 1. The third kappa shape index (κ3) is 6.48. The van der Waals surface area contributed by atoms with E-state index in [0.29, 0.717) is 24.6 Å². The monoisotopic (exact) mass is 465 g/mol. The molecule has 3 aromatic carbocycles. The van der Waals surface area contributed by atoms with Crippen molar-refractivity contribution in [3.8, 4) is 0 Å². The second kappa shape index (κ2) is 10.9. The Morgan fingerprint density at radius 1 is 1.00 bits per heavy atom. The van der Waals surface area contributed by atoms with Gasteiger partial charge in [0.05, 0.1) is 13.0 Å². The average Bonchev–Trinajstić information content (AvgIpc) is 3.22. The molecule has 5 nitrogen and oxygen atoms in total. The standard InChI is InChI=1S/C30H31N3O2/c1-21(2)26-11-13-27(14-12-26)31-22(3)20-33(17-16-24-8-6-5-7-9-24)30(34)19-25-10-15-28-29(18-25)35-23(4)32-28/h5-15,18,31H,1,3,16-17,19-20H2,2,4H3. The molecule has 35 heavy (non-hydrogen) atoms. The van der Waals surface area contributed by atoms with Crippen molar-refractivity contribution in [3.63, 3.8) is 0 Å². The highest BCUT2D eigenvalue weighted by Gasteiger charge is 2.16. The van der Waals surface area contributed by atoms with Crippen LogP contribution < -0.4 is 5.32 Å². The zero-order valence-corrected chi connectivity index (χ0v) is 20.4. The molecule has 1 aromatic heterocycles. The van der Waals surface area contributed by atoms with Crippen molar-refractivity contribution in [1.82, 2.24) is 9.88 Å². The molecule has 0 fully saturated rings. The summed E-state index contributed by atoms with van der Waals surface area (Å²) in [7, 11) is 0. The second-order valence-electron chi connectivity index (χ2n) is 8.85. The maximum atomic E-state index is 13.4. The first-order valence-electron chi connectivity index (χ1n) is 11.8. The van der Waals surface area contributed by atoms with Gasteiger partial charge >= 0.3 is 0 Å². The van der Waals surface area contributed by atoms with Crippen LogP contribution in [0.1, 0.15) is 29.5 Å². The smallest absolute Gasteiger partial charge is 0.227 e. The summed E-state index contributed by atoms with van der Waals surface area (Å²) in [6, 6.07) is 24.0. The van der Waals surface area contributed by atoms with Gasteiger partial charge in [-0.25, -0.2) is 4.98 Å². The Labute approximate surface area is 206 Å². The number of allylic oxidation sites excluding steroid dienone is 1. The Kier molecular flexibility index (Phi) is 7.46. The molecule has 5 heteroatoms. The molecule has 178 valence electrons. The molecule has 0 saturated carbocycles. The summed E-state index contributed by atoms with van der Waals surface area (Å²) in [5, 5.41) is 3.34. The summed E-state index contributed by atoms with van der Waals surface area (Å²) >= 11 is 0. The first-order chi connectivity index (χ1) is 16.9. The predicted octanol–water partition coefficient (Wildman–Crippen LogP) is 6.41. The van der Waals surface area contributed by atoms with E-state index < -0.39 is 0 Å². The van der Waals surface area contributed by atoms with Crippen LogP contribution in [0.2, 0.25) is 0 Å². The molecular formula is C30H31N3O2. The molecule has 0 atom stereocenters. The van der Waals surface area contributed by atoms with Crippen LogP contribution in [0.5, 0.6) is 0 Å². The van der Waals surface area contributed by atoms with Crippen LogP contribution in [0.25, 0.3) is 16.7 Å². The van der Waals surface area contributed by atoms with E-state index in [2.05, 4.69) is 35.6 Å². The van der Waals surface area contributed by atoms with Crippen LogP contribution in [0.4, 0.5) is 5.69 Å². The minimum absolute atomic E-state index is 0.0390. The maximum absolute atomic E-state index is 13.4. The first kappa shape index (κ1) is 24.0. The Bertz CT molecular complexity index is 1340. The summed E-state index contributed by atoms with van der Waals surface area (Å²) in [6.07, 6.45) is 1.05. The van der Waals surface area contributed by atoms with E-state index in [1.165, 1.54) is 5.56 Å². The van der Waals surface area contributed by atoms with Gasteiger partial charge in [0.2, 0.25) is 5.91 Å². The molecule has 1 heterocycles. The highest BCUT2D eigenvalue weighted by atomic mass is 16.3. The fraction of sp³-hybridized carbons (Fsp3) is 0.200. The number of benzene rings is 3. The van der Waals surface area contributed by atoms with Gasteiger partial charge in [0.1, 0.15) is 5.52 Å². The van der Waals surface area contributed by atoms with Gasteiger partial charge in [-0.05, 0) is 54.3 Å². The zero-order valence-electron chi connectivity index (χ0n) is 20.4. The number of hydrogen-bond acceptors (Lipinski definition) is 4. The third-order valence-electron chi connectivity index (χ3n) is 5.86. The third-order valence-corrected chi connectivity index (χ3v) is 5.86. The van der Waals surface area contributed by atoms with Crippen LogP contribution in [-0.2, 0) is 17.6 Å². The summed E-state index contributed by atoms with van der Waals surface area (Å²) in [6.45, 7) is 13.0. The molecule has 0 saturated heterocycles. The van der Waals surface area contributed by atoms with Gasteiger partial charge in [0.15, 0.2) is 11.5 Å². The predicted molar refractivity (Wildman–Crippen MR) is 143 cm³/mol. The molecule has 0 radical (unpaired) electrons. The van der Waals surface area contributed by atoms with Gasteiger partial charge in [-0.15, -0.1) is 0 Å². The molecule has 0 aliphatic heterocycles. The van der Waals surface area contributed by atoms with Gasteiger partial charge in [-0.1, -0.05) is 67.3 Å². The second-order valence-corrected chi connectivity index (χ2v) is 8.85. The van der Waals surface area contributed by atoms with E-state index in [1.807, 2.05) is 79.4 Å². The van der Waals surface area contributed by atoms with Crippen molar-refractivity contribution >= 4 is 28.3 Å². The average molecular weight is 466 g/mol. The molecule has 4 aromatic rings. The van der Waals surface area contributed by atoms with Crippen molar-refractivity contribution < 1.29 is 9.21 Å². The molecule has 0 bridgehead atoms. The molecular weight excluding hydrogens is 434 g/mol. The lowest BCUT2D eigenvalue weighted by Crippen LogP contribution is -2.36. The Hall–Kier alpha value is -4.12. The number of nitrogens with one attached hydrogen (secondary N) is 1. The number of aromatic nitrogens is 1. The summed E-state index contributed by atoms with van der Waals surface area (Å²) in [5.41, 5.74) is 7.40. The van der Waals surface area contributed by atoms with Gasteiger partial charge in [0.25, 0.3) is 0 Å². The zero-order chi connectivity index (χ0) is 24.8. The molecule has 1 N–H and O–H groups in total.